The van der Waals surface area contributed by atoms with Crippen molar-refractivity contribution in [2.75, 3.05) is 17.6 Å². The van der Waals surface area contributed by atoms with Gasteiger partial charge in [0.25, 0.3) is 0 Å². The topological polar surface area (TPSA) is 133 Å². The van der Waals surface area contributed by atoms with Gasteiger partial charge in [-0.15, -0.1) is 0 Å². The summed E-state index contributed by atoms with van der Waals surface area (Å²) in [6, 6.07) is 11.1. The van der Waals surface area contributed by atoms with Gasteiger partial charge in [0.15, 0.2) is 5.95 Å². The van der Waals surface area contributed by atoms with Crippen LogP contribution in [0.5, 0.6) is 5.75 Å². The van der Waals surface area contributed by atoms with Crippen LogP contribution in [0.2, 0.25) is 0 Å². The van der Waals surface area contributed by atoms with Crippen LogP contribution in [-0.4, -0.2) is 37.2 Å². The van der Waals surface area contributed by atoms with Gasteiger partial charge < -0.3 is 20.8 Å². The third-order valence-electron chi connectivity index (χ3n) is 5.22. The summed E-state index contributed by atoms with van der Waals surface area (Å²) >= 11 is 0. The monoisotopic (exact) mass is 501 g/mol. The molecule has 4 rings (SSSR count). The first-order valence-electron chi connectivity index (χ1n) is 10.8. The van der Waals surface area contributed by atoms with Crippen LogP contribution in [0, 0.1) is 5.82 Å². The second-order valence-electron chi connectivity index (χ2n) is 7.79. The first kappa shape index (κ1) is 24.6. The second kappa shape index (κ2) is 10.8. The van der Waals surface area contributed by atoms with Crippen molar-refractivity contribution in [3.05, 3.63) is 98.3 Å². The lowest BCUT2D eigenvalue weighted by molar-refractivity contribution is -0.0498. The molecule has 0 fully saturated rings. The number of aromatic nitrogens is 5. The van der Waals surface area contributed by atoms with Crippen LogP contribution >= 0.6 is 0 Å². The van der Waals surface area contributed by atoms with Crippen molar-refractivity contribution in [3.8, 4) is 5.75 Å². The number of anilines is 2. The van der Waals surface area contributed by atoms with E-state index in [2.05, 4.69) is 25.0 Å². The summed E-state index contributed by atoms with van der Waals surface area (Å²) in [5.74, 6) is -0.180. The number of halogens is 3. The van der Waals surface area contributed by atoms with Crippen LogP contribution in [0.3, 0.4) is 0 Å². The van der Waals surface area contributed by atoms with E-state index in [9.17, 15) is 22.8 Å². The molecule has 13 heteroatoms. The van der Waals surface area contributed by atoms with E-state index in [4.69, 9.17) is 5.73 Å². The van der Waals surface area contributed by atoms with E-state index >= 15 is 0 Å². The first-order chi connectivity index (χ1) is 17.3. The summed E-state index contributed by atoms with van der Waals surface area (Å²) in [5, 5.41) is 2.99. The Morgan fingerprint density at radius 1 is 1.00 bits per heavy atom. The highest BCUT2D eigenvalue weighted by Gasteiger charge is 2.15. The number of nitrogens with zero attached hydrogens (tertiary/aromatic N) is 4. The Balaban J connectivity index is 1.63. The average molecular weight is 501 g/mol. The standard InChI is InChI=1S/C23H22F3N7O3/c24-16-5-1-14(2-6-16)13-33-22(34)31-21(28-10-9-17-11-29-20(27)30-17)32(23(33)35)12-15-3-7-18(8-4-15)36-19(25)26/h1-8,11,19H,9-10,12-13H2,(H3,27,29,30)(H,28,31,34). The number of H-pyrrole nitrogens is 1. The maximum Gasteiger partial charge on any atom is 0.387 e. The molecule has 0 bridgehead atoms. The van der Waals surface area contributed by atoms with Crippen LogP contribution < -0.4 is 27.2 Å². The highest BCUT2D eigenvalue weighted by molar-refractivity contribution is 5.31. The molecule has 2 aromatic heterocycles. The summed E-state index contributed by atoms with van der Waals surface area (Å²) in [4.78, 5) is 36.9. The Morgan fingerprint density at radius 2 is 1.64 bits per heavy atom. The zero-order valence-electron chi connectivity index (χ0n) is 18.8. The molecule has 0 aliphatic carbocycles. The van der Waals surface area contributed by atoms with E-state index in [1.807, 2.05) is 0 Å². The maximum absolute atomic E-state index is 13.4. The predicted molar refractivity (Wildman–Crippen MR) is 126 cm³/mol. The third kappa shape index (κ3) is 6.11. The van der Waals surface area contributed by atoms with E-state index in [1.54, 1.807) is 6.20 Å². The van der Waals surface area contributed by atoms with Crippen molar-refractivity contribution in [2.45, 2.75) is 26.1 Å². The van der Waals surface area contributed by atoms with Crippen molar-refractivity contribution >= 4 is 11.9 Å². The van der Waals surface area contributed by atoms with E-state index in [0.717, 1.165) is 10.3 Å². The minimum atomic E-state index is -2.96. The molecule has 0 atom stereocenters. The van der Waals surface area contributed by atoms with E-state index in [1.165, 1.54) is 53.1 Å². The largest absolute Gasteiger partial charge is 0.435 e. The zero-order valence-corrected chi connectivity index (χ0v) is 18.8. The Labute approximate surface area is 202 Å². The van der Waals surface area contributed by atoms with Gasteiger partial charge in [-0.25, -0.2) is 23.5 Å². The quantitative estimate of drug-likeness (QED) is 0.303. The molecule has 0 aliphatic heterocycles. The molecule has 4 N–H and O–H groups in total. The van der Waals surface area contributed by atoms with Gasteiger partial charge in [0.2, 0.25) is 5.95 Å². The molecule has 0 unspecified atom stereocenters. The zero-order chi connectivity index (χ0) is 25.7. The molecular weight excluding hydrogens is 479 g/mol. The highest BCUT2D eigenvalue weighted by atomic mass is 19.3. The lowest BCUT2D eigenvalue weighted by Gasteiger charge is -2.16. The fraction of sp³-hybridized carbons (Fsp3) is 0.217. The minimum absolute atomic E-state index is 0.0101. The Hall–Kier alpha value is -4.55. The van der Waals surface area contributed by atoms with Crippen LogP contribution in [0.1, 0.15) is 16.8 Å². The molecule has 0 spiro atoms. The van der Waals surface area contributed by atoms with Crippen molar-refractivity contribution < 1.29 is 17.9 Å². The molecule has 188 valence electrons. The van der Waals surface area contributed by atoms with Gasteiger partial charge in [-0.1, -0.05) is 24.3 Å². The van der Waals surface area contributed by atoms with Crippen molar-refractivity contribution in [3.63, 3.8) is 0 Å². The van der Waals surface area contributed by atoms with Gasteiger partial charge >= 0.3 is 18.0 Å². The molecule has 0 radical (unpaired) electrons. The van der Waals surface area contributed by atoms with Crippen LogP contribution in [0.25, 0.3) is 0 Å². The molecule has 0 saturated carbocycles. The number of nitrogens with two attached hydrogens (primary N) is 1. The van der Waals surface area contributed by atoms with Crippen LogP contribution in [-0.2, 0) is 19.5 Å². The lowest BCUT2D eigenvalue weighted by Crippen LogP contribution is -2.43. The molecule has 0 aliphatic rings. The van der Waals surface area contributed by atoms with E-state index in [-0.39, 0.29) is 30.7 Å². The van der Waals surface area contributed by atoms with Crippen molar-refractivity contribution in [1.29, 1.82) is 0 Å². The van der Waals surface area contributed by atoms with Crippen LogP contribution in [0.4, 0.5) is 25.1 Å². The number of rotatable bonds is 10. The number of aromatic amines is 1. The number of alkyl halides is 2. The van der Waals surface area contributed by atoms with Crippen LogP contribution in [0.15, 0.2) is 64.3 Å². The molecule has 10 nitrogen and oxygen atoms in total. The number of nitrogen functional groups attached to an aromatic ring is 1. The van der Waals surface area contributed by atoms with Gasteiger partial charge in [-0.3, -0.25) is 4.57 Å². The second-order valence-corrected chi connectivity index (χ2v) is 7.79. The molecule has 0 saturated heterocycles. The van der Waals surface area contributed by atoms with Gasteiger partial charge in [0, 0.05) is 18.7 Å². The van der Waals surface area contributed by atoms with Crippen molar-refractivity contribution in [2.24, 2.45) is 0 Å². The Bertz CT molecular complexity index is 1430. The summed E-state index contributed by atoms with van der Waals surface area (Å²) in [7, 11) is 0. The molecular formula is C23H22F3N7O3. The van der Waals surface area contributed by atoms with Gasteiger partial charge in [0.05, 0.1) is 19.3 Å². The smallest absolute Gasteiger partial charge is 0.387 e. The minimum Gasteiger partial charge on any atom is -0.435 e. The molecule has 36 heavy (non-hydrogen) atoms. The van der Waals surface area contributed by atoms with Gasteiger partial charge in [-0.05, 0) is 35.4 Å². The Kier molecular flexibility index (Phi) is 7.37. The number of imidazole rings is 1. The summed E-state index contributed by atoms with van der Waals surface area (Å²) in [6.45, 7) is -2.78. The van der Waals surface area contributed by atoms with Gasteiger partial charge in [0.1, 0.15) is 11.6 Å². The number of ether oxygens (including phenoxy) is 1. The van der Waals surface area contributed by atoms with Gasteiger partial charge in [-0.2, -0.15) is 13.8 Å². The van der Waals surface area contributed by atoms with E-state index < -0.39 is 23.8 Å². The molecule has 0 amide bonds. The normalized spacial score (nSPS) is 11.1. The number of hydrogen-bond acceptors (Lipinski definition) is 7. The molecule has 2 heterocycles. The van der Waals surface area contributed by atoms with E-state index in [0.29, 0.717) is 24.1 Å². The number of benzene rings is 2. The first-order valence-corrected chi connectivity index (χ1v) is 10.8. The van der Waals surface area contributed by atoms with Crippen molar-refractivity contribution in [1.82, 2.24) is 24.1 Å². The summed E-state index contributed by atoms with van der Waals surface area (Å²) < 4.78 is 44.7. The molecule has 4 aromatic rings. The highest BCUT2D eigenvalue weighted by Crippen LogP contribution is 2.16. The summed E-state index contributed by atoms with van der Waals surface area (Å²) in [5.41, 5.74) is 6.00. The SMILES string of the molecule is Nc1ncc(CCNc2nc(=O)n(Cc3ccc(F)cc3)c(=O)n2Cc2ccc(OC(F)F)cc2)[nH]1. The Morgan fingerprint density at radius 3 is 2.25 bits per heavy atom. The average Bonchev–Trinajstić information content (AvgIpc) is 3.26. The third-order valence-corrected chi connectivity index (χ3v) is 5.22. The fourth-order valence-electron chi connectivity index (χ4n) is 3.49. The fourth-order valence-corrected chi connectivity index (χ4v) is 3.49. The number of nitrogens with one attached hydrogen (secondary N) is 2. The molecule has 2 aromatic carbocycles. The lowest BCUT2D eigenvalue weighted by atomic mass is 10.2. The maximum atomic E-state index is 13.4. The predicted octanol–water partition coefficient (Wildman–Crippen LogP) is 2.20. The summed E-state index contributed by atoms with van der Waals surface area (Å²) in [6.07, 6.45) is 2.03. The number of hydrogen-bond donors (Lipinski definition) is 3.